The Kier molecular flexibility index (Phi) is 5.39. The van der Waals surface area contributed by atoms with Gasteiger partial charge in [0.25, 0.3) is 0 Å². The van der Waals surface area contributed by atoms with Crippen molar-refractivity contribution in [1.29, 1.82) is 0 Å². The molecule has 1 aromatic carbocycles. The highest BCUT2D eigenvalue weighted by molar-refractivity contribution is 7.89. The third kappa shape index (κ3) is 5.27. The van der Waals surface area contributed by atoms with Crippen molar-refractivity contribution in [2.75, 3.05) is 0 Å². The maximum atomic E-state index is 13.3. The third-order valence-electron chi connectivity index (χ3n) is 4.05. The molecule has 0 aliphatic heterocycles. The second-order valence-electron chi connectivity index (χ2n) is 6.04. The van der Waals surface area contributed by atoms with E-state index in [4.69, 9.17) is 0 Å². The molecule has 1 fully saturated rings. The van der Waals surface area contributed by atoms with Crippen LogP contribution in [-0.2, 0) is 27.0 Å². The second-order valence-corrected chi connectivity index (χ2v) is 7.77. The molecule has 128 valence electrons. The molecule has 1 aliphatic carbocycles. The van der Waals surface area contributed by atoms with Crippen LogP contribution < -0.4 is 4.72 Å². The van der Waals surface area contributed by atoms with E-state index in [0.717, 1.165) is 12.0 Å². The summed E-state index contributed by atoms with van der Waals surface area (Å²) in [6, 6.07) is 7.04. The van der Waals surface area contributed by atoms with E-state index in [1.54, 1.807) is 12.1 Å². The first-order valence-electron chi connectivity index (χ1n) is 7.71. The standard InChI is InChI=1S/C16H21F2NO3S/c1-2-12-5-7-13(8-6-12)11-23(21,22)19-15(20)14-4-3-9-16(17,18)10-14/h5-8,14H,2-4,9-11H2,1H3,(H,19,20)/t14-/m1/s1. The summed E-state index contributed by atoms with van der Waals surface area (Å²) in [6.07, 6.45) is 0.540. The van der Waals surface area contributed by atoms with Crippen LogP contribution in [0.3, 0.4) is 0 Å². The summed E-state index contributed by atoms with van der Waals surface area (Å²) in [5, 5.41) is 0. The van der Waals surface area contributed by atoms with Gasteiger partial charge >= 0.3 is 0 Å². The highest BCUT2D eigenvalue weighted by Crippen LogP contribution is 2.36. The summed E-state index contributed by atoms with van der Waals surface area (Å²) in [5.41, 5.74) is 1.64. The van der Waals surface area contributed by atoms with E-state index >= 15 is 0 Å². The number of halogens is 2. The fourth-order valence-corrected chi connectivity index (χ4v) is 3.94. The fourth-order valence-electron chi connectivity index (χ4n) is 2.76. The Morgan fingerprint density at radius 2 is 1.87 bits per heavy atom. The average molecular weight is 345 g/mol. The first kappa shape index (κ1) is 17.8. The minimum atomic E-state index is -3.88. The number of benzene rings is 1. The van der Waals surface area contributed by atoms with Crippen LogP contribution in [0.25, 0.3) is 0 Å². The number of amides is 1. The number of nitrogens with one attached hydrogen (secondary N) is 1. The number of hydrogen-bond acceptors (Lipinski definition) is 3. The Bertz CT molecular complexity index is 656. The van der Waals surface area contributed by atoms with Gasteiger partial charge in [0.1, 0.15) is 0 Å². The molecule has 2 rings (SSSR count). The van der Waals surface area contributed by atoms with E-state index in [9.17, 15) is 22.0 Å². The number of rotatable bonds is 5. The van der Waals surface area contributed by atoms with Crippen LogP contribution in [0.2, 0.25) is 0 Å². The molecule has 0 spiro atoms. The zero-order valence-electron chi connectivity index (χ0n) is 13.0. The molecule has 1 aliphatic rings. The molecule has 0 radical (unpaired) electrons. The predicted molar refractivity (Wildman–Crippen MR) is 83.5 cm³/mol. The topological polar surface area (TPSA) is 63.2 Å². The summed E-state index contributed by atoms with van der Waals surface area (Å²) in [7, 11) is -3.88. The molecule has 0 heterocycles. The van der Waals surface area contributed by atoms with E-state index in [2.05, 4.69) is 0 Å². The molecule has 1 amide bonds. The lowest BCUT2D eigenvalue weighted by Gasteiger charge is -2.27. The van der Waals surface area contributed by atoms with Gasteiger partial charge in [0.15, 0.2) is 0 Å². The lowest BCUT2D eigenvalue weighted by atomic mass is 9.86. The third-order valence-corrected chi connectivity index (χ3v) is 5.28. The summed E-state index contributed by atoms with van der Waals surface area (Å²) < 4.78 is 52.7. The summed E-state index contributed by atoms with van der Waals surface area (Å²) >= 11 is 0. The number of hydrogen-bond donors (Lipinski definition) is 1. The minimum Gasteiger partial charge on any atom is -0.274 e. The van der Waals surface area contributed by atoms with Gasteiger partial charge in [0, 0.05) is 18.8 Å². The summed E-state index contributed by atoms with van der Waals surface area (Å²) in [6.45, 7) is 1.99. The number of carbonyl (C=O) groups excluding carboxylic acids is 1. The number of aryl methyl sites for hydroxylation is 1. The van der Waals surface area contributed by atoms with Crippen LogP contribution in [-0.4, -0.2) is 20.2 Å². The Morgan fingerprint density at radius 3 is 2.43 bits per heavy atom. The Balaban J connectivity index is 1.98. The van der Waals surface area contributed by atoms with Gasteiger partial charge in [-0.2, -0.15) is 0 Å². The SMILES string of the molecule is CCc1ccc(CS(=O)(=O)NC(=O)[C@@H]2CCCC(F)(F)C2)cc1. The van der Waals surface area contributed by atoms with Gasteiger partial charge in [-0.1, -0.05) is 31.2 Å². The molecule has 7 heteroatoms. The minimum absolute atomic E-state index is 0.226. The van der Waals surface area contributed by atoms with Gasteiger partial charge in [-0.25, -0.2) is 17.2 Å². The van der Waals surface area contributed by atoms with Crippen LogP contribution in [0.5, 0.6) is 0 Å². The van der Waals surface area contributed by atoms with E-state index in [1.165, 1.54) is 0 Å². The zero-order chi connectivity index (χ0) is 17.1. The van der Waals surface area contributed by atoms with Crippen molar-refractivity contribution < 1.29 is 22.0 Å². The Labute approximate surface area is 135 Å². The van der Waals surface area contributed by atoms with Crippen LogP contribution in [0.4, 0.5) is 8.78 Å². The number of carbonyl (C=O) groups is 1. The molecule has 4 nitrogen and oxygen atoms in total. The smallest absolute Gasteiger partial charge is 0.248 e. The molecule has 0 unspecified atom stereocenters. The number of alkyl halides is 2. The maximum Gasteiger partial charge on any atom is 0.248 e. The molecular weight excluding hydrogens is 324 g/mol. The molecular formula is C16H21F2NO3S. The largest absolute Gasteiger partial charge is 0.274 e. The lowest BCUT2D eigenvalue weighted by molar-refractivity contribution is -0.130. The highest BCUT2D eigenvalue weighted by Gasteiger charge is 2.39. The van der Waals surface area contributed by atoms with Crippen molar-refractivity contribution in [2.45, 2.75) is 50.7 Å². The van der Waals surface area contributed by atoms with E-state index in [0.29, 0.717) is 12.0 Å². The maximum absolute atomic E-state index is 13.3. The van der Waals surface area contributed by atoms with Gasteiger partial charge in [-0.05, 0) is 30.4 Å². The van der Waals surface area contributed by atoms with E-state index in [1.807, 2.05) is 23.8 Å². The molecule has 1 N–H and O–H groups in total. The molecule has 0 aromatic heterocycles. The van der Waals surface area contributed by atoms with Crippen molar-refractivity contribution in [3.05, 3.63) is 35.4 Å². The van der Waals surface area contributed by atoms with Crippen LogP contribution in [0.1, 0.15) is 43.7 Å². The van der Waals surface area contributed by atoms with Gasteiger partial charge in [-0.15, -0.1) is 0 Å². The van der Waals surface area contributed by atoms with Crippen molar-refractivity contribution in [1.82, 2.24) is 4.72 Å². The molecule has 1 atom stereocenters. The normalized spacial score (nSPS) is 20.9. The van der Waals surface area contributed by atoms with Crippen molar-refractivity contribution in [3.8, 4) is 0 Å². The van der Waals surface area contributed by atoms with Crippen LogP contribution >= 0.6 is 0 Å². The molecule has 1 saturated carbocycles. The van der Waals surface area contributed by atoms with Gasteiger partial charge in [0.2, 0.25) is 21.9 Å². The van der Waals surface area contributed by atoms with Gasteiger partial charge in [-0.3, -0.25) is 9.52 Å². The van der Waals surface area contributed by atoms with Crippen LogP contribution in [0, 0.1) is 5.92 Å². The Hall–Kier alpha value is -1.50. The zero-order valence-corrected chi connectivity index (χ0v) is 13.8. The van der Waals surface area contributed by atoms with Gasteiger partial charge < -0.3 is 0 Å². The van der Waals surface area contributed by atoms with E-state index < -0.39 is 34.2 Å². The second kappa shape index (κ2) is 6.95. The monoisotopic (exact) mass is 345 g/mol. The number of sulfonamides is 1. The Morgan fingerprint density at radius 1 is 1.26 bits per heavy atom. The molecule has 0 saturated heterocycles. The predicted octanol–water partition coefficient (Wildman–Crippen LogP) is 3.02. The lowest BCUT2D eigenvalue weighted by Crippen LogP contribution is -2.40. The van der Waals surface area contributed by atoms with Crippen molar-refractivity contribution >= 4 is 15.9 Å². The first-order chi connectivity index (χ1) is 10.7. The summed E-state index contributed by atoms with van der Waals surface area (Å²) in [5.74, 6) is -5.00. The fraction of sp³-hybridized carbons (Fsp3) is 0.562. The van der Waals surface area contributed by atoms with E-state index in [-0.39, 0.29) is 18.6 Å². The summed E-state index contributed by atoms with van der Waals surface area (Å²) in [4.78, 5) is 12.0. The molecule has 23 heavy (non-hydrogen) atoms. The quantitative estimate of drug-likeness (QED) is 0.892. The molecule has 0 bridgehead atoms. The van der Waals surface area contributed by atoms with Crippen molar-refractivity contribution in [3.63, 3.8) is 0 Å². The van der Waals surface area contributed by atoms with Crippen molar-refractivity contribution in [2.24, 2.45) is 5.92 Å². The van der Waals surface area contributed by atoms with Gasteiger partial charge in [0.05, 0.1) is 5.75 Å². The highest BCUT2D eigenvalue weighted by atomic mass is 32.2. The van der Waals surface area contributed by atoms with Crippen LogP contribution in [0.15, 0.2) is 24.3 Å². The average Bonchev–Trinajstić information content (AvgIpc) is 2.46. The molecule has 1 aromatic rings. The first-order valence-corrected chi connectivity index (χ1v) is 9.36.